The summed E-state index contributed by atoms with van der Waals surface area (Å²) in [6, 6.07) is 16.9. The van der Waals surface area contributed by atoms with Crippen molar-refractivity contribution in [2.75, 3.05) is 6.54 Å². The van der Waals surface area contributed by atoms with Crippen LogP contribution in [0.4, 0.5) is 0 Å². The summed E-state index contributed by atoms with van der Waals surface area (Å²) in [4.78, 5) is 39.0. The van der Waals surface area contributed by atoms with Crippen molar-refractivity contribution in [3.63, 3.8) is 0 Å². The molecule has 2 aromatic rings. The molecule has 33 heavy (non-hydrogen) atoms. The molecule has 1 saturated carbocycles. The Morgan fingerprint density at radius 2 is 1.64 bits per heavy atom. The molecule has 7 nitrogen and oxygen atoms in total. The highest BCUT2D eigenvalue weighted by Crippen LogP contribution is 2.43. The van der Waals surface area contributed by atoms with E-state index in [2.05, 4.69) is 0 Å². The molecule has 2 aromatic carbocycles. The van der Waals surface area contributed by atoms with E-state index in [1.54, 1.807) is 18.7 Å². The Morgan fingerprint density at radius 1 is 1.00 bits per heavy atom. The zero-order chi connectivity index (χ0) is 24.0. The maximum atomic E-state index is 13.2. The highest BCUT2D eigenvalue weighted by molar-refractivity contribution is 5.92. The minimum Gasteiger partial charge on any atom is -0.481 e. The van der Waals surface area contributed by atoms with Gasteiger partial charge < -0.3 is 19.5 Å². The maximum Gasteiger partial charge on any atom is 0.310 e. The van der Waals surface area contributed by atoms with Gasteiger partial charge in [-0.05, 0) is 56.5 Å². The molecular formula is C26H31NO6. The normalized spacial score (nSPS) is 19.5. The van der Waals surface area contributed by atoms with Gasteiger partial charge in [-0.2, -0.15) is 0 Å². The molecule has 1 fully saturated rings. The minimum absolute atomic E-state index is 0.200. The van der Waals surface area contributed by atoms with Crippen molar-refractivity contribution in [3.05, 3.63) is 60.2 Å². The van der Waals surface area contributed by atoms with Crippen molar-refractivity contribution in [1.29, 1.82) is 0 Å². The predicted molar refractivity (Wildman–Crippen MR) is 123 cm³/mol. The zero-order valence-corrected chi connectivity index (χ0v) is 19.3. The van der Waals surface area contributed by atoms with Crippen molar-refractivity contribution in [2.45, 2.75) is 46.3 Å². The van der Waals surface area contributed by atoms with Crippen LogP contribution in [0.1, 0.15) is 39.2 Å². The fraction of sp³-hybridized carbons (Fsp3) is 0.423. The molecule has 1 amide bonds. The molecule has 0 aromatic heterocycles. The van der Waals surface area contributed by atoms with E-state index in [4.69, 9.17) is 9.47 Å². The number of rotatable bonds is 10. The molecule has 3 rings (SSSR count). The molecule has 0 heterocycles. The summed E-state index contributed by atoms with van der Waals surface area (Å²) in [6.45, 7) is 6.27. The number of carboxylic acids is 1. The number of aliphatic carboxylic acids is 1. The summed E-state index contributed by atoms with van der Waals surface area (Å²) < 4.78 is 11.0. The van der Waals surface area contributed by atoms with Crippen molar-refractivity contribution >= 4 is 17.8 Å². The van der Waals surface area contributed by atoms with Crippen molar-refractivity contribution in [1.82, 2.24) is 4.90 Å². The number of para-hydroxylation sites is 1. The van der Waals surface area contributed by atoms with E-state index in [9.17, 15) is 19.5 Å². The summed E-state index contributed by atoms with van der Waals surface area (Å²) in [7, 11) is 0. The number of carbonyl (C=O) groups is 3. The van der Waals surface area contributed by atoms with Crippen molar-refractivity contribution < 1.29 is 29.0 Å². The Labute approximate surface area is 194 Å². The van der Waals surface area contributed by atoms with E-state index in [0.717, 1.165) is 17.7 Å². The molecule has 0 aliphatic heterocycles. The summed E-state index contributed by atoms with van der Waals surface area (Å²) in [6.07, 6.45) is 0.613. The van der Waals surface area contributed by atoms with Crippen LogP contribution in [-0.4, -0.2) is 40.5 Å². The Kier molecular flexibility index (Phi) is 8.09. The van der Waals surface area contributed by atoms with Gasteiger partial charge in [-0.3, -0.25) is 14.4 Å². The van der Waals surface area contributed by atoms with Gasteiger partial charge in [0.15, 0.2) is 0 Å². The van der Waals surface area contributed by atoms with E-state index >= 15 is 0 Å². The van der Waals surface area contributed by atoms with Gasteiger partial charge in [-0.15, -0.1) is 0 Å². The quantitative estimate of drug-likeness (QED) is 0.532. The Morgan fingerprint density at radius 3 is 2.21 bits per heavy atom. The number of amides is 1. The second kappa shape index (κ2) is 11.0. The van der Waals surface area contributed by atoms with Gasteiger partial charge in [-0.1, -0.05) is 37.3 Å². The van der Waals surface area contributed by atoms with Gasteiger partial charge in [0.05, 0.1) is 23.9 Å². The number of carboxylic acid groups (broad SMARTS) is 1. The molecule has 1 N–H and O–H groups in total. The van der Waals surface area contributed by atoms with Gasteiger partial charge in [0.2, 0.25) is 5.91 Å². The Hall–Kier alpha value is -3.35. The van der Waals surface area contributed by atoms with Crippen molar-refractivity contribution in [3.8, 4) is 11.5 Å². The highest BCUT2D eigenvalue weighted by atomic mass is 16.5. The van der Waals surface area contributed by atoms with Gasteiger partial charge in [-0.25, -0.2) is 0 Å². The molecular weight excluding hydrogens is 422 g/mol. The van der Waals surface area contributed by atoms with Crippen LogP contribution in [0.3, 0.4) is 0 Å². The smallest absolute Gasteiger partial charge is 0.310 e. The zero-order valence-electron chi connectivity index (χ0n) is 19.3. The average molecular weight is 454 g/mol. The summed E-state index contributed by atoms with van der Waals surface area (Å²) in [5.41, 5.74) is 0.916. The fourth-order valence-electron chi connectivity index (χ4n) is 4.09. The van der Waals surface area contributed by atoms with Gasteiger partial charge >= 0.3 is 11.9 Å². The third-order valence-corrected chi connectivity index (χ3v) is 5.71. The molecule has 0 saturated heterocycles. The first-order valence-electron chi connectivity index (χ1n) is 11.3. The minimum atomic E-state index is -1.14. The number of benzene rings is 2. The van der Waals surface area contributed by atoms with E-state index in [1.807, 2.05) is 61.5 Å². The van der Waals surface area contributed by atoms with Crippen LogP contribution in [0.15, 0.2) is 54.6 Å². The molecule has 3 unspecified atom stereocenters. The number of esters is 1. The first-order chi connectivity index (χ1) is 15.8. The summed E-state index contributed by atoms with van der Waals surface area (Å²) >= 11 is 0. The molecule has 0 radical (unpaired) electrons. The topological polar surface area (TPSA) is 93.1 Å². The second-order valence-corrected chi connectivity index (χ2v) is 8.62. The molecule has 1 aliphatic rings. The lowest BCUT2D eigenvalue weighted by Gasteiger charge is -2.41. The third kappa shape index (κ3) is 6.12. The lowest BCUT2D eigenvalue weighted by atomic mass is 9.64. The number of carbonyl (C=O) groups excluding carboxylic acids is 2. The van der Waals surface area contributed by atoms with E-state index in [1.165, 1.54) is 0 Å². The van der Waals surface area contributed by atoms with Crippen molar-refractivity contribution in [2.24, 2.45) is 17.8 Å². The standard InChI is InChI=1S/C26H31NO6/c1-4-14-27(16-18-10-12-20(13-11-18)33-19-8-6-5-7-9-19)24(28)21-15-22(23(21)25(29)30)26(31)32-17(2)3/h5-13,17,21-23H,4,14-16H2,1-3H3,(H,29,30). The molecule has 3 atom stereocenters. The fourth-order valence-corrected chi connectivity index (χ4v) is 4.09. The number of hydrogen-bond acceptors (Lipinski definition) is 5. The molecule has 0 spiro atoms. The molecule has 0 bridgehead atoms. The molecule has 1 aliphatic carbocycles. The predicted octanol–water partition coefficient (Wildman–Crippen LogP) is 4.51. The van der Waals surface area contributed by atoms with E-state index in [-0.39, 0.29) is 18.4 Å². The lowest BCUT2D eigenvalue weighted by molar-refractivity contribution is -0.176. The van der Waals surface area contributed by atoms with Crippen LogP contribution in [0.25, 0.3) is 0 Å². The number of hydrogen-bond donors (Lipinski definition) is 1. The summed E-state index contributed by atoms with van der Waals surface area (Å²) in [5.74, 6) is -3.04. The first kappa shape index (κ1) is 24.3. The number of ether oxygens (including phenoxy) is 2. The van der Waals surface area contributed by atoms with Crippen LogP contribution in [0.5, 0.6) is 11.5 Å². The average Bonchev–Trinajstić information content (AvgIpc) is 2.73. The monoisotopic (exact) mass is 453 g/mol. The highest BCUT2D eigenvalue weighted by Gasteiger charge is 2.54. The van der Waals surface area contributed by atoms with Gasteiger partial charge in [0.25, 0.3) is 0 Å². The third-order valence-electron chi connectivity index (χ3n) is 5.71. The van der Waals surface area contributed by atoms with Crippen LogP contribution in [-0.2, 0) is 25.7 Å². The first-order valence-corrected chi connectivity index (χ1v) is 11.3. The SMILES string of the molecule is CCCN(Cc1ccc(Oc2ccccc2)cc1)C(=O)C1CC(C(=O)OC(C)C)C1C(=O)O. The van der Waals surface area contributed by atoms with Crippen LogP contribution in [0, 0.1) is 17.8 Å². The second-order valence-electron chi connectivity index (χ2n) is 8.62. The molecule has 7 heteroatoms. The Bertz CT molecular complexity index is 957. The Balaban J connectivity index is 1.66. The summed E-state index contributed by atoms with van der Waals surface area (Å²) in [5, 5.41) is 9.67. The largest absolute Gasteiger partial charge is 0.481 e. The van der Waals surface area contributed by atoms with Crippen LogP contribution < -0.4 is 4.74 Å². The maximum absolute atomic E-state index is 13.2. The van der Waals surface area contributed by atoms with Crippen LogP contribution >= 0.6 is 0 Å². The van der Waals surface area contributed by atoms with Gasteiger partial charge in [0, 0.05) is 13.1 Å². The lowest BCUT2D eigenvalue weighted by Crippen LogP contribution is -2.54. The van der Waals surface area contributed by atoms with Crippen LogP contribution in [0.2, 0.25) is 0 Å². The van der Waals surface area contributed by atoms with Gasteiger partial charge in [0.1, 0.15) is 11.5 Å². The number of nitrogens with zero attached hydrogens (tertiary/aromatic N) is 1. The van der Waals surface area contributed by atoms with E-state index < -0.39 is 29.7 Å². The van der Waals surface area contributed by atoms with E-state index in [0.29, 0.717) is 18.8 Å². The molecule has 176 valence electrons.